The predicted octanol–water partition coefficient (Wildman–Crippen LogP) is 4.81. The molecule has 0 fully saturated rings. The quantitative estimate of drug-likeness (QED) is 0.165. The molecule has 10 heteroatoms. The Hall–Kier alpha value is -4.50. The Morgan fingerprint density at radius 1 is 0.971 bits per heavy atom. The molecule has 0 saturated heterocycles. The highest BCUT2D eigenvalue weighted by molar-refractivity contribution is 6.53. The number of hydrogen-bond donors (Lipinski definition) is 1. The van der Waals surface area contributed by atoms with Crippen molar-refractivity contribution in [1.82, 2.24) is 0 Å². The van der Waals surface area contributed by atoms with E-state index >= 15 is 0 Å². The minimum Gasteiger partial charge on any atom is -0.423 e. The summed E-state index contributed by atoms with van der Waals surface area (Å²) in [5.41, 5.74) is 1.92. The fourth-order valence-corrected chi connectivity index (χ4v) is 3.58. The molecule has 1 aliphatic rings. The van der Waals surface area contributed by atoms with Crippen molar-refractivity contribution in [3.63, 3.8) is 0 Å². The van der Waals surface area contributed by atoms with Gasteiger partial charge in [-0.1, -0.05) is 30.7 Å². The number of carbonyl (C=O) groups excluding carboxylic acids is 3. The molecular weight excluding hydrogens is 474 g/mol. The van der Waals surface area contributed by atoms with E-state index in [1.165, 1.54) is 48.5 Å². The number of nitro benzene ring substituents is 1. The molecule has 3 aromatic carbocycles. The fraction of sp³-hybridized carbons (Fsp3) is 0.0800. The van der Waals surface area contributed by atoms with Gasteiger partial charge in [-0.15, -0.1) is 0 Å². The van der Waals surface area contributed by atoms with Gasteiger partial charge >= 0.3 is 5.97 Å². The molecule has 4 rings (SSSR count). The Morgan fingerprint density at radius 3 is 2.17 bits per heavy atom. The average molecular weight is 492 g/mol. The zero-order valence-corrected chi connectivity index (χ0v) is 19.1. The molecule has 176 valence electrons. The SMILES string of the molecule is CCc1ccc(N2C(=O)C(Cl)=C(Nc3ccc(C(=O)Oc4ccc([N+](=O)[O-])cc4)cc3)C2=O)cc1. The van der Waals surface area contributed by atoms with Crippen LogP contribution in [0.5, 0.6) is 5.75 Å². The van der Waals surface area contributed by atoms with Crippen LogP contribution in [0.2, 0.25) is 0 Å². The van der Waals surface area contributed by atoms with Crippen LogP contribution >= 0.6 is 11.6 Å². The number of nitro groups is 1. The van der Waals surface area contributed by atoms with Crippen LogP contribution in [0.25, 0.3) is 0 Å². The first-order valence-corrected chi connectivity index (χ1v) is 10.9. The van der Waals surface area contributed by atoms with Gasteiger partial charge in [-0.05, 0) is 60.5 Å². The molecule has 35 heavy (non-hydrogen) atoms. The van der Waals surface area contributed by atoms with Crippen LogP contribution in [0.3, 0.4) is 0 Å². The van der Waals surface area contributed by atoms with E-state index in [4.69, 9.17) is 16.3 Å². The lowest BCUT2D eigenvalue weighted by atomic mass is 10.1. The van der Waals surface area contributed by atoms with Gasteiger partial charge in [-0.3, -0.25) is 19.7 Å². The fourth-order valence-electron chi connectivity index (χ4n) is 3.36. The number of anilines is 2. The van der Waals surface area contributed by atoms with Crippen LogP contribution in [0.1, 0.15) is 22.8 Å². The van der Waals surface area contributed by atoms with Crippen LogP contribution in [0.15, 0.2) is 83.5 Å². The van der Waals surface area contributed by atoms with Crippen molar-refractivity contribution in [2.45, 2.75) is 13.3 Å². The van der Waals surface area contributed by atoms with E-state index in [0.717, 1.165) is 16.9 Å². The molecule has 9 nitrogen and oxygen atoms in total. The van der Waals surface area contributed by atoms with Gasteiger partial charge in [0.25, 0.3) is 17.5 Å². The number of imide groups is 1. The summed E-state index contributed by atoms with van der Waals surface area (Å²) in [6.45, 7) is 2.00. The van der Waals surface area contributed by atoms with E-state index < -0.39 is 22.7 Å². The summed E-state index contributed by atoms with van der Waals surface area (Å²) in [7, 11) is 0. The van der Waals surface area contributed by atoms with Crippen molar-refractivity contribution in [2.24, 2.45) is 0 Å². The number of rotatable bonds is 7. The van der Waals surface area contributed by atoms with Gasteiger partial charge in [0.05, 0.1) is 16.2 Å². The van der Waals surface area contributed by atoms with Gasteiger partial charge in [0.1, 0.15) is 16.5 Å². The molecule has 1 aliphatic heterocycles. The number of nitrogens with one attached hydrogen (secondary N) is 1. The summed E-state index contributed by atoms with van der Waals surface area (Å²) >= 11 is 6.17. The maximum atomic E-state index is 12.9. The lowest BCUT2D eigenvalue weighted by Gasteiger charge is -2.15. The first-order chi connectivity index (χ1) is 16.8. The van der Waals surface area contributed by atoms with Gasteiger partial charge in [-0.25, -0.2) is 9.69 Å². The first-order valence-electron chi connectivity index (χ1n) is 10.5. The highest BCUT2D eigenvalue weighted by Gasteiger charge is 2.38. The van der Waals surface area contributed by atoms with Gasteiger partial charge < -0.3 is 10.1 Å². The minimum atomic E-state index is -0.670. The van der Waals surface area contributed by atoms with E-state index in [0.29, 0.717) is 11.4 Å². The van der Waals surface area contributed by atoms with Crippen LogP contribution < -0.4 is 15.0 Å². The number of ether oxygens (including phenoxy) is 1. The molecular formula is C25H18ClN3O6. The summed E-state index contributed by atoms with van der Waals surface area (Å²) < 4.78 is 5.22. The second-order valence-electron chi connectivity index (χ2n) is 7.50. The molecule has 0 unspecified atom stereocenters. The Bertz CT molecular complexity index is 1350. The van der Waals surface area contributed by atoms with Crippen LogP contribution in [0.4, 0.5) is 17.1 Å². The third-order valence-electron chi connectivity index (χ3n) is 5.28. The van der Waals surface area contributed by atoms with Gasteiger partial charge in [-0.2, -0.15) is 0 Å². The molecule has 0 aromatic heterocycles. The van der Waals surface area contributed by atoms with E-state index in [2.05, 4.69) is 5.32 Å². The molecule has 0 saturated carbocycles. The highest BCUT2D eigenvalue weighted by Crippen LogP contribution is 2.30. The molecule has 1 N–H and O–H groups in total. The minimum absolute atomic E-state index is 0.0718. The average Bonchev–Trinajstić information content (AvgIpc) is 3.07. The summed E-state index contributed by atoms with van der Waals surface area (Å²) in [5, 5.41) is 13.3. The van der Waals surface area contributed by atoms with Crippen molar-refractivity contribution in [3.8, 4) is 5.75 Å². The molecule has 3 aromatic rings. The summed E-state index contributed by atoms with van der Waals surface area (Å²) in [5.74, 6) is -1.74. The van der Waals surface area contributed by atoms with Crippen LogP contribution in [-0.4, -0.2) is 22.7 Å². The molecule has 0 bridgehead atoms. The van der Waals surface area contributed by atoms with Crippen molar-refractivity contribution < 1.29 is 24.0 Å². The van der Waals surface area contributed by atoms with E-state index in [1.54, 1.807) is 12.1 Å². The van der Waals surface area contributed by atoms with E-state index in [1.807, 2.05) is 19.1 Å². The number of nitrogens with zero attached hydrogens (tertiary/aromatic N) is 2. The molecule has 0 radical (unpaired) electrons. The van der Waals surface area contributed by atoms with E-state index in [-0.39, 0.29) is 27.7 Å². The monoisotopic (exact) mass is 491 g/mol. The molecule has 0 spiro atoms. The number of halogens is 1. The van der Waals surface area contributed by atoms with Gasteiger partial charge in [0.15, 0.2) is 0 Å². The zero-order chi connectivity index (χ0) is 25.1. The molecule has 1 heterocycles. The largest absolute Gasteiger partial charge is 0.423 e. The Morgan fingerprint density at radius 2 is 1.60 bits per heavy atom. The lowest BCUT2D eigenvalue weighted by molar-refractivity contribution is -0.384. The van der Waals surface area contributed by atoms with Crippen molar-refractivity contribution in [1.29, 1.82) is 0 Å². The van der Waals surface area contributed by atoms with Crippen molar-refractivity contribution in [3.05, 3.63) is 105 Å². The maximum absolute atomic E-state index is 12.9. The topological polar surface area (TPSA) is 119 Å². The Kier molecular flexibility index (Phi) is 6.61. The number of hydrogen-bond acceptors (Lipinski definition) is 7. The number of aryl methyl sites for hydroxylation is 1. The molecule has 0 atom stereocenters. The summed E-state index contributed by atoms with van der Waals surface area (Å²) in [6, 6.07) is 18.1. The number of amides is 2. The normalized spacial score (nSPS) is 13.3. The first kappa shape index (κ1) is 23.7. The maximum Gasteiger partial charge on any atom is 0.343 e. The smallest absolute Gasteiger partial charge is 0.343 e. The summed E-state index contributed by atoms with van der Waals surface area (Å²) in [6.07, 6.45) is 0.825. The predicted molar refractivity (Wildman–Crippen MR) is 129 cm³/mol. The number of carbonyl (C=O) groups is 3. The van der Waals surface area contributed by atoms with Crippen molar-refractivity contribution in [2.75, 3.05) is 10.2 Å². The molecule has 0 aliphatic carbocycles. The second kappa shape index (κ2) is 9.78. The van der Waals surface area contributed by atoms with Crippen molar-refractivity contribution >= 4 is 46.4 Å². The third kappa shape index (κ3) is 4.90. The Balaban J connectivity index is 1.44. The number of esters is 1. The van der Waals surface area contributed by atoms with Gasteiger partial charge in [0.2, 0.25) is 0 Å². The second-order valence-corrected chi connectivity index (χ2v) is 7.88. The zero-order valence-electron chi connectivity index (χ0n) is 18.4. The Labute approximate surface area is 204 Å². The number of benzene rings is 3. The highest BCUT2D eigenvalue weighted by atomic mass is 35.5. The van der Waals surface area contributed by atoms with Crippen LogP contribution in [0, 0.1) is 10.1 Å². The summed E-state index contributed by atoms with van der Waals surface area (Å²) in [4.78, 5) is 49.1. The molecule has 2 amide bonds. The standard InChI is InChI=1S/C25H18ClN3O6/c1-2-15-3-9-18(10-4-15)28-23(30)21(26)22(24(28)31)27-17-7-5-16(6-8-17)25(32)35-20-13-11-19(12-14-20)29(33)34/h3-14,27H,2H2,1H3. The van der Waals surface area contributed by atoms with Gasteiger partial charge in [0, 0.05) is 17.8 Å². The number of non-ortho nitro benzene ring substituents is 1. The van der Waals surface area contributed by atoms with Crippen LogP contribution in [-0.2, 0) is 16.0 Å². The lowest BCUT2D eigenvalue weighted by Crippen LogP contribution is -2.32. The third-order valence-corrected chi connectivity index (χ3v) is 5.63. The van der Waals surface area contributed by atoms with E-state index in [9.17, 15) is 24.5 Å².